The van der Waals surface area contributed by atoms with E-state index in [-0.39, 0.29) is 11.8 Å². The third-order valence-electron chi connectivity index (χ3n) is 5.08. The normalized spacial score (nSPS) is 13.8. The highest BCUT2D eigenvalue weighted by molar-refractivity contribution is 6.14. The number of aromatic nitrogens is 2. The Bertz CT molecular complexity index is 1040. The SMILES string of the molecule is CCOc1ccc2ccccc2c1C(=O)Nc1cnn(CCN2CCCC2=O)c1. The molecule has 0 spiro atoms. The third-order valence-corrected chi connectivity index (χ3v) is 5.08. The van der Waals surface area contributed by atoms with Gasteiger partial charge in [0, 0.05) is 25.7 Å². The average Bonchev–Trinajstić information content (AvgIpc) is 3.34. The maximum Gasteiger partial charge on any atom is 0.260 e. The van der Waals surface area contributed by atoms with E-state index in [2.05, 4.69) is 10.4 Å². The van der Waals surface area contributed by atoms with E-state index in [9.17, 15) is 9.59 Å². The summed E-state index contributed by atoms with van der Waals surface area (Å²) in [6.07, 6.45) is 4.96. The Hall–Kier alpha value is -3.35. The molecule has 1 aliphatic rings. The zero-order valence-corrected chi connectivity index (χ0v) is 16.4. The number of anilines is 1. The molecule has 29 heavy (non-hydrogen) atoms. The maximum absolute atomic E-state index is 13.1. The first-order valence-electron chi connectivity index (χ1n) is 9.92. The zero-order chi connectivity index (χ0) is 20.2. The van der Waals surface area contributed by atoms with Gasteiger partial charge in [0.25, 0.3) is 5.91 Å². The highest BCUT2D eigenvalue weighted by atomic mass is 16.5. The molecule has 0 atom stereocenters. The minimum absolute atomic E-state index is 0.199. The van der Waals surface area contributed by atoms with Crippen LogP contribution in [0.4, 0.5) is 5.69 Å². The Morgan fingerprint density at radius 3 is 2.86 bits per heavy atom. The molecule has 150 valence electrons. The first kappa shape index (κ1) is 19.0. The lowest BCUT2D eigenvalue weighted by molar-refractivity contribution is -0.127. The van der Waals surface area contributed by atoms with E-state index >= 15 is 0 Å². The van der Waals surface area contributed by atoms with Crippen molar-refractivity contribution < 1.29 is 14.3 Å². The fourth-order valence-electron chi connectivity index (χ4n) is 3.67. The van der Waals surface area contributed by atoms with Crippen LogP contribution in [0, 0.1) is 0 Å². The quantitative estimate of drug-likeness (QED) is 0.669. The van der Waals surface area contributed by atoms with E-state index in [1.807, 2.05) is 48.2 Å². The van der Waals surface area contributed by atoms with Crippen LogP contribution < -0.4 is 10.1 Å². The molecule has 2 aromatic carbocycles. The lowest BCUT2D eigenvalue weighted by Gasteiger charge is -2.15. The van der Waals surface area contributed by atoms with Gasteiger partial charge in [0.05, 0.1) is 30.6 Å². The highest BCUT2D eigenvalue weighted by Crippen LogP contribution is 2.29. The Morgan fingerprint density at radius 2 is 2.07 bits per heavy atom. The summed E-state index contributed by atoms with van der Waals surface area (Å²) in [6, 6.07) is 11.5. The summed E-state index contributed by atoms with van der Waals surface area (Å²) >= 11 is 0. The van der Waals surface area contributed by atoms with Gasteiger partial charge in [-0.05, 0) is 30.2 Å². The van der Waals surface area contributed by atoms with Crippen molar-refractivity contribution in [2.75, 3.05) is 25.0 Å². The summed E-state index contributed by atoms with van der Waals surface area (Å²) in [6.45, 7) is 4.41. The maximum atomic E-state index is 13.1. The third kappa shape index (κ3) is 4.08. The number of fused-ring (bicyclic) bond motifs is 1. The summed E-state index contributed by atoms with van der Waals surface area (Å²) < 4.78 is 7.44. The lowest BCUT2D eigenvalue weighted by atomic mass is 10.0. The Morgan fingerprint density at radius 1 is 1.21 bits per heavy atom. The number of benzene rings is 2. The zero-order valence-electron chi connectivity index (χ0n) is 16.4. The molecule has 0 aliphatic carbocycles. The van der Waals surface area contributed by atoms with Crippen molar-refractivity contribution in [2.45, 2.75) is 26.3 Å². The number of nitrogens with zero attached hydrogens (tertiary/aromatic N) is 3. The molecular weight excluding hydrogens is 368 g/mol. The van der Waals surface area contributed by atoms with Crippen LogP contribution in [0.15, 0.2) is 48.8 Å². The largest absolute Gasteiger partial charge is 0.493 e. The van der Waals surface area contributed by atoms with Crippen LogP contribution in [0.1, 0.15) is 30.1 Å². The van der Waals surface area contributed by atoms with Crippen LogP contribution in [-0.2, 0) is 11.3 Å². The molecule has 0 saturated carbocycles. The molecule has 3 aromatic rings. The number of ether oxygens (including phenoxy) is 1. The van der Waals surface area contributed by atoms with Crippen molar-refractivity contribution in [3.05, 3.63) is 54.4 Å². The van der Waals surface area contributed by atoms with Crippen LogP contribution in [0.3, 0.4) is 0 Å². The number of likely N-dealkylation sites (tertiary alicyclic amines) is 1. The van der Waals surface area contributed by atoms with E-state index in [4.69, 9.17) is 4.74 Å². The van der Waals surface area contributed by atoms with Gasteiger partial charge < -0.3 is 15.0 Å². The van der Waals surface area contributed by atoms with Gasteiger partial charge in [-0.1, -0.05) is 30.3 Å². The highest BCUT2D eigenvalue weighted by Gasteiger charge is 2.20. The second-order valence-corrected chi connectivity index (χ2v) is 7.02. The first-order chi connectivity index (χ1) is 14.2. The molecule has 7 nitrogen and oxygen atoms in total. The van der Waals surface area contributed by atoms with Crippen LogP contribution in [0.5, 0.6) is 5.75 Å². The molecule has 0 unspecified atom stereocenters. The fraction of sp³-hybridized carbons (Fsp3) is 0.318. The summed E-state index contributed by atoms with van der Waals surface area (Å²) in [4.78, 5) is 26.6. The minimum atomic E-state index is -0.237. The molecule has 4 rings (SSSR count). The Labute approximate surface area is 169 Å². The molecule has 1 saturated heterocycles. The van der Waals surface area contributed by atoms with E-state index in [1.54, 1.807) is 17.1 Å². The molecule has 0 radical (unpaired) electrons. The number of hydrogen-bond acceptors (Lipinski definition) is 4. The Kier molecular flexibility index (Phi) is 5.46. The predicted octanol–water partition coefficient (Wildman–Crippen LogP) is 3.31. The second kappa shape index (κ2) is 8.34. The van der Waals surface area contributed by atoms with Gasteiger partial charge in [-0.25, -0.2) is 0 Å². The van der Waals surface area contributed by atoms with Gasteiger partial charge in [-0.3, -0.25) is 14.3 Å². The molecule has 2 heterocycles. The van der Waals surface area contributed by atoms with Crippen molar-refractivity contribution in [1.29, 1.82) is 0 Å². The standard InChI is InChI=1S/C22H24N4O3/c1-2-29-19-10-9-16-6-3-4-7-18(16)21(19)22(28)24-17-14-23-26(15-17)13-12-25-11-5-8-20(25)27/h3-4,6-7,9-10,14-15H,2,5,8,11-13H2,1H3,(H,24,28). The van der Waals surface area contributed by atoms with Gasteiger partial charge >= 0.3 is 0 Å². The molecule has 1 N–H and O–H groups in total. The van der Waals surface area contributed by atoms with Crippen LogP contribution in [0.25, 0.3) is 10.8 Å². The van der Waals surface area contributed by atoms with Crippen molar-refractivity contribution in [2.24, 2.45) is 0 Å². The monoisotopic (exact) mass is 392 g/mol. The van der Waals surface area contributed by atoms with Gasteiger partial charge in [0.15, 0.2) is 0 Å². The predicted molar refractivity (Wildman–Crippen MR) is 111 cm³/mol. The van der Waals surface area contributed by atoms with E-state index < -0.39 is 0 Å². The summed E-state index contributed by atoms with van der Waals surface area (Å²) in [5.41, 5.74) is 1.12. The number of amides is 2. The number of hydrogen-bond donors (Lipinski definition) is 1. The van der Waals surface area contributed by atoms with Crippen molar-refractivity contribution in [1.82, 2.24) is 14.7 Å². The van der Waals surface area contributed by atoms with Crippen LogP contribution >= 0.6 is 0 Å². The molecule has 1 aromatic heterocycles. The molecule has 1 fully saturated rings. The number of rotatable bonds is 7. The van der Waals surface area contributed by atoms with Crippen molar-refractivity contribution in [3.63, 3.8) is 0 Å². The topological polar surface area (TPSA) is 76.5 Å². The molecular formula is C22H24N4O3. The minimum Gasteiger partial charge on any atom is -0.493 e. The van der Waals surface area contributed by atoms with Crippen LogP contribution in [-0.4, -0.2) is 46.2 Å². The van der Waals surface area contributed by atoms with Crippen molar-refractivity contribution in [3.8, 4) is 5.75 Å². The first-order valence-corrected chi connectivity index (χ1v) is 9.92. The fourth-order valence-corrected chi connectivity index (χ4v) is 3.67. The van der Waals surface area contributed by atoms with E-state index in [1.165, 1.54) is 0 Å². The summed E-state index contributed by atoms with van der Waals surface area (Å²) in [5, 5.41) is 9.05. The van der Waals surface area contributed by atoms with E-state index in [0.29, 0.717) is 43.1 Å². The average molecular weight is 392 g/mol. The van der Waals surface area contributed by atoms with Gasteiger partial charge in [-0.15, -0.1) is 0 Å². The second-order valence-electron chi connectivity index (χ2n) is 7.02. The smallest absolute Gasteiger partial charge is 0.260 e. The van der Waals surface area contributed by atoms with Crippen molar-refractivity contribution >= 4 is 28.3 Å². The molecule has 1 aliphatic heterocycles. The molecule has 2 amide bonds. The summed E-state index contributed by atoms with van der Waals surface area (Å²) in [7, 11) is 0. The van der Waals surface area contributed by atoms with Gasteiger partial charge in [0.1, 0.15) is 5.75 Å². The number of nitrogens with one attached hydrogen (secondary N) is 1. The van der Waals surface area contributed by atoms with Gasteiger partial charge in [-0.2, -0.15) is 5.10 Å². The lowest BCUT2D eigenvalue weighted by Crippen LogP contribution is -2.28. The van der Waals surface area contributed by atoms with E-state index in [0.717, 1.165) is 23.7 Å². The van der Waals surface area contributed by atoms with Gasteiger partial charge in [0.2, 0.25) is 5.91 Å². The van der Waals surface area contributed by atoms with Crippen LogP contribution in [0.2, 0.25) is 0 Å². The number of carbonyl (C=O) groups excluding carboxylic acids is 2. The molecule has 7 heteroatoms. The molecule has 0 bridgehead atoms. The summed E-state index contributed by atoms with van der Waals surface area (Å²) in [5.74, 6) is 0.522. The Balaban J connectivity index is 1.50. The number of carbonyl (C=O) groups is 2.